The van der Waals surface area contributed by atoms with Gasteiger partial charge in [-0.1, -0.05) is 26.8 Å². The molecular formula is C20H24N2O4S3. The Bertz CT molecular complexity index is 1060. The Balaban J connectivity index is 1.48. The molecule has 6 nitrogen and oxygen atoms in total. The van der Waals surface area contributed by atoms with Crippen molar-refractivity contribution in [1.29, 1.82) is 0 Å². The third-order valence-corrected chi connectivity index (χ3v) is 11.0. The van der Waals surface area contributed by atoms with E-state index in [1.54, 1.807) is 17.5 Å². The zero-order valence-electron chi connectivity index (χ0n) is 16.5. The van der Waals surface area contributed by atoms with Crippen LogP contribution in [0.5, 0.6) is 0 Å². The largest absolute Gasteiger partial charge is 0.461 e. The minimum Gasteiger partial charge on any atom is -0.461 e. The van der Waals surface area contributed by atoms with Gasteiger partial charge in [0.15, 0.2) is 5.13 Å². The van der Waals surface area contributed by atoms with E-state index in [0.717, 1.165) is 29.8 Å². The summed E-state index contributed by atoms with van der Waals surface area (Å²) in [6.07, 6.45) is 2.85. The van der Waals surface area contributed by atoms with Crippen molar-refractivity contribution in [2.24, 2.45) is 23.2 Å². The molecule has 1 N–H and O–H groups in total. The minimum absolute atomic E-state index is 0.0361. The SMILES string of the molecule is C[C@@H]1C(=O)O[C@H]2[C@H]1CC[C@@]1(C)Cc3sc(NS(=O)(=O)c4cccs4)nc3[C@@H](C)[C@H]21. The van der Waals surface area contributed by atoms with Gasteiger partial charge in [0.2, 0.25) is 0 Å². The fourth-order valence-corrected chi connectivity index (χ4v) is 9.20. The van der Waals surface area contributed by atoms with Crippen molar-refractivity contribution in [3.8, 4) is 0 Å². The summed E-state index contributed by atoms with van der Waals surface area (Å²) in [6.45, 7) is 6.42. The van der Waals surface area contributed by atoms with Crippen LogP contribution >= 0.6 is 22.7 Å². The van der Waals surface area contributed by atoms with Crippen LogP contribution in [-0.2, 0) is 26.0 Å². The predicted octanol–water partition coefficient (Wildman–Crippen LogP) is 4.26. The third kappa shape index (κ3) is 2.96. The Kier molecular flexibility index (Phi) is 4.39. The van der Waals surface area contributed by atoms with E-state index in [-0.39, 0.29) is 45.4 Å². The van der Waals surface area contributed by atoms with Crippen LogP contribution in [0.15, 0.2) is 21.7 Å². The molecule has 3 heterocycles. The summed E-state index contributed by atoms with van der Waals surface area (Å²) in [5.41, 5.74) is 0.992. The van der Waals surface area contributed by atoms with E-state index < -0.39 is 10.0 Å². The summed E-state index contributed by atoms with van der Waals surface area (Å²) in [6, 6.07) is 3.31. The van der Waals surface area contributed by atoms with Gasteiger partial charge >= 0.3 is 5.97 Å². The summed E-state index contributed by atoms with van der Waals surface area (Å²) in [7, 11) is -3.61. The first-order valence-electron chi connectivity index (χ1n) is 9.96. The lowest BCUT2D eigenvalue weighted by atomic mass is 9.54. The van der Waals surface area contributed by atoms with Crippen molar-refractivity contribution in [3.63, 3.8) is 0 Å². The highest BCUT2D eigenvalue weighted by Gasteiger charge is 2.58. The summed E-state index contributed by atoms with van der Waals surface area (Å²) in [4.78, 5) is 18.1. The van der Waals surface area contributed by atoms with Crippen LogP contribution in [0, 0.1) is 23.2 Å². The molecule has 6 atom stereocenters. The van der Waals surface area contributed by atoms with Gasteiger partial charge in [0.1, 0.15) is 10.3 Å². The molecule has 156 valence electrons. The van der Waals surface area contributed by atoms with Crippen LogP contribution < -0.4 is 4.72 Å². The van der Waals surface area contributed by atoms with Crippen molar-refractivity contribution >= 4 is 43.8 Å². The molecular weight excluding hydrogens is 428 g/mol. The molecule has 1 aliphatic heterocycles. The maximum atomic E-state index is 12.6. The van der Waals surface area contributed by atoms with Crippen molar-refractivity contribution in [2.75, 3.05) is 4.72 Å². The zero-order chi connectivity index (χ0) is 20.6. The molecule has 0 unspecified atom stereocenters. The lowest BCUT2D eigenvalue weighted by Crippen LogP contribution is -2.50. The van der Waals surface area contributed by atoms with E-state index in [1.165, 1.54) is 22.7 Å². The maximum Gasteiger partial charge on any atom is 0.309 e. The summed E-state index contributed by atoms with van der Waals surface area (Å²) < 4.78 is 34.0. The highest BCUT2D eigenvalue weighted by Crippen LogP contribution is 2.59. The summed E-state index contributed by atoms with van der Waals surface area (Å²) >= 11 is 2.63. The molecule has 9 heteroatoms. The highest BCUT2D eigenvalue weighted by molar-refractivity contribution is 7.94. The topological polar surface area (TPSA) is 85.4 Å². The van der Waals surface area contributed by atoms with Gasteiger partial charge in [-0.25, -0.2) is 13.4 Å². The molecule has 0 radical (unpaired) electrons. The van der Waals surface area contributed by atoms with Gasteiger partial charge < -0.3 is 4.74 Å². The first-order chi connectivity index (χ1) is 13.7. The Morgan fingerprint density at radius 2 is 2.10 bits per heavy atom. The number of hydrogen-bond donors (Lipinski definition) is 1. The Morgan fingerprint density at radius 1 is 1.31 bits per heavy atom. The van der Waals surface area contributed by atoms with Crippen LogP contribution in [0.3, 0.4) is 0 Å². The number of thiophene rings is 1. The van der Waals surface area contributed by atoms with E-state index in [1.807, 2.05) is 6.92 Å². The highest BCUT2D eigenvalue weighted by atomic mass is 32.2. The Labute approximate surface area is 178 Å². The van der Waals surface area contributed by atoms with E-state index in [0.29, 0.717) is 5.13 Å². The number of sulfonamides is 1. The number of rotatable bonds is 3. The molecule has 0 aromatic carbocycles. The molecule has 3 aliphatic rings. The van der Waals surface area contributed by atoms with Gasteiger partial charge in [-0.2, -0.15) is 0 Å². The number of carbonyl (C=O) groups is 1. The number of ether oxygens (including phenoxy) is 1. The second-order valence-electron chi connectivity index (χ2n) is 8.90. The lowest BCUT2D eigenvalue weighted by molar-refractivity contribution is -0.149. The molecule has 5 rings (SSSR count). The fourth-order valence-electron chi connectivity index (χ4n) is 5.70. The van der Waals surface area contributed by atoms with Gasteiger partial charge in [0.05, 0.1) is 11.6 Å². The molecule has 2 aromatic rings. The first-order valence-corrected chi connectivity index (χ1v) is 13.1. The predicted molar refractivity (Wildman–Crippen MR) is 113 cm³/mol. The number of anilines is 1. The number of carbonyl (C=O) groups excluding carboxylic acids is 1. The molecule has 29 heavy (non-hydrogen) atoms. The van der Waals surface area contributed by atoms with Gasteiger partial charge in [-0.15, -0.1) is 22.7 Å². The molecule has 2 aromatic heterocycles. The summed E-state index contributed by atoms with van der Waals surface area (Å²) in [5, 5.41) is 2.17. The molecule has 2 fully saturated rings. The van der Waals surface area contributed by atoms with E-state index in [4.69, 9.17) is 9.72 Å². The first kappa shape index (κ1) is 19.5. The fraction of sp³-hybridized carbons (Fsp3) is 0.600. The van der Waals surface area contributed by atoms with Gasteiger partial charge in [0.25, 0.3) is 10.0 Å². The van der Waals surface area contributed by atoms with Gasteiger partial charge in [0, 0.05) is 22.6 Å². The van der Waals surface area contributed by atoms with E-state index >= 15 is 0 Å². The lowest BCUT2D eigenvalue weighted by Gasteiger charge is -2.51. The average molecular weight is 453 g/mol. The van der Waals surface area contributed by atoms with E-state index in [2.05, 4.69) is 18.6 Å². The van der Waals surface area contributed by atoms with Crippen LogP contribution in [0.25, 0.3) is 0 Å². The number of hydrogen-bond acceptors (Lipinski definition) is 7. The third-order valence-electron chi connectivity index (χ3n) is 7.14. The van der Waals surface area contributed by atoms with Crippen molar-refractivity contribution in [3.05, 3.63) is 28.1 Å². The van der Waals surface area contributed by atoms with Crippen LogP contribution in [0.4, 0.5) is 5.13 Å². The number of nitrogens with one attached hydrogen (secondary N) is 1. The standard InChI is InChI=1S/C20H24N2O4S3/c1-10-12-6-7-20(3)9-13-16(11(2)15(20)17(12)26-18(10)23)21-19(28-13)22-29(24,25)14-5-4-8-27-14/h4-5,8,10-12,15,17H,6-7,9H2,1-3H3,(H,21,22)/t10-,11-,12-,15+,17-,20-/m0/s1. The second kappa shape index (κ2) is 6.52. The van der Waals surface area contributed by atoms with Crippen molar-refractivity contribution < 1.29 is 17.9 Å². The number of aromatic nitrogens is 1. The molecule has 1 saturated carbocycles. The van der Waals surface area contributed by atoms with E-state index in [9.17, 15) is 13.2 Å². The molecule has 0 spiro atoms. The number of esters is 1. The average Bonchev–Trinajstić information content (AvgIpc) is 3.35. The van der Waals surface area contributed by atoms with Crippen LogP contribution in [0.1, 0.15) is 50.1 Å². The number of nitrogens with zero attached hydrogens (tertiary/aromatic N) is 1. The smallest absolute Gasteiger partial charge is 0.309 e. The maximum absolute atomic E-state index is 12.6. The minimum atomic E-state index is -3.61. The number of fused-ring (bicyclic) bond motifs is 4. The van der Waals surface area contributed by atoms with Crippen LogP contribution in [0.2, 0.25) is 0 Å². The molecule has 0 bridgehead atoms. The molecule has 0 amide bonds. The van der Waals surface area contributed by atoms with Crippen molar-refractivity contribution in [2.45, 2.75) is 56.3 Å². The Morgan fingerprint density at radius 3 is 2.83 bits per heavy atom. The molecule has 1 saturated heterocycles. The normalized spacial score (nSPS) is 36.1. The van der Waals surface area contributed by atoms with Gasteiger partial charge in [-0.3, -0.25) is 9.52 Å². The number of thiazole rings is 1. The second-order valence-corrected chi connectivity index (χ2v) is 12.8. The van der Waals surface area contributed by atoms with Crippen LogP contribution in [-0.4, -0.2) is 25.5 Å². The monoisotopic (exact) mass is 452 g/mol. The molecule has 2 aliphatic carbocycles. The quantitative estimate of drug-likeness (QED) is 0.704. The van der Waals surface area contributed by atoms with Gasteiger partial charge in [-0.05, 0) is 36.1 Å². The summed E-state index contributed by atoms with van der Waals surface area (Å²) in [5.74, 6) is 0.490. The zero-order valence-corrected chi connectivity index (χ0v) is 19.0. The Hall–Kier alpha value is -1.45. The van der Waals surface area contributed by atoms with Crippen molar-refractivity contribution in [1.82, 2.24) is 4.98 Å².